The average Bonchev–Trinajstić information content (AvgIpc) is 3.28. The van der Waals surface area contributed by atoms with Crippen molar-refractivity contribution in [2.45, 2.75) is 25.1 Å². The van der Waals surface area contributed by atoms with Gasteiger partial charge in [-0.15, -0.1) is 0 Å². The third-order valence-electron chi connectivity index (χ3n) is 6.00. The van der Waals surface area contributed by atoms with Gasteiger partial charge in [0, 0.05) is 24.7 Å². The molecule has 222 valence electrons. The summed E-state index contributed by atoms with van der Waals surface area (Å²) in [6.07, 6.45) is -15.4. The minimum Gasteiger partial charge on any atom is -0.506 e. The Hall–Kier alpha value is -4.76. The number of phenolic OH excluding ortho intramolecular Hbond substituents is 1. The first kappa shape index (κ1) is 30.2. The smallest absolute Gasteiger partial charge is 0.433 e. The third kappa shape index (κ3) is 6.26. The molecule has 16 heteroatoms. The van der Waals surface area contributed by atoms with E-state index in [1.165, 1.54) is 12.1 Å². The van der Waals surface area contributed by atoms with Crippen LogP contribution in [-0.2, 0) is 32.2 Å². The summed E-state index contributed by atoms with van der Waals surface area (Å²) in [6.45, 7) is -0.406. The second-order valence-corrected chi connectivity index (χ2v) is 8.88. The number of non-ortho nitro benzene ring substituents is 1. The lowest BCUT2D eigenvalue weighted by Crippen LogP contribution is -2.11. The summed E-state index contributed by atoms with van der Waals surface area (Å²) >= 11 is 0. The molecule has 0 aliphatic rings. The summed E-state index contributed by atoms with van der Waals surface area (Å²) in [5.74, 6) is -1.44. The van der Waals surface area contributed by atoms with Crippen molar-refractivity contribution in [3.63, 3.8) is 0 Å². The second-order valence-electron chi connectivity index (χ2n) is 8.88. The molecule has 0 aliphatic heterocycles. The maximum Gasteiger partial charge on any atom is 0.433 e. The monoisotopic (exact) mass is 605 g/mol. The van der Waals surface area contributed by atoms with Gasteiger partial charge in [-0.3, -0.25) is 14.8 Å². The van der Waals surface area contributed by atoms with E-state index >= 15 is 0 Å². The molecule has 0 radical (unpaired) electrons. The minimum absolute atomic E-state index is 0.129. The molecule has 0 bridgehead atoms. The summed E-state index contributed by atoms with van der Waals surface area (Å²) in [7, 11) is 0.953. The van der Waals surface area contributed by atoms with Crippen molar-refractivity contribution >= 4 is 5.69 Å². The van der Waals surface area contributed by atoms with Crippen LogP contribution < -0.4 is 4.74 Å². The highest BCUT2D eigenvalue weighted by atomic mass is 19.4. The highest BCUT2D eigenvalue weighted by Crippen LogP contribution is 2.47. The van der Waals surface area contributed by atoms with Crippen molar-refractivity contribution in [3.8, 4) is 33.9 Å². The number of aromatic hydroxyl groups is 1. The molecule has 42 heavy (non-hydrogen) atoms. The molecule has 0 unspecified atom stereocenters. The fourth-order valence-electron chi connectivity index (χ4n) is 4.02. The van der Waals surface area contributed by atoms with Crippen LogP contribution in [0.1, 0.15) is 22.4 Å². The number of aromatic nitrogens is 2. The van der Waals surface area contributed by atoms with Gasteiger partial charge < -0.3 is 9.84 Å². The van der Waals surface area contributed by atoms with Crippen molar-refractivity contribution < 1.29 is 54.3 Å². The zero-order valence-corrected chi connectivity index (χ0v) is 20.9. The lowest BCUT2D eigenvalue weighted by Gasteiger charge is -2.19. The Morgan fingerprint density at radius 1 is 0.857 bits per heavy atom. The van der Waals surface area contributed by atoms with Crippen LogP contribution in [0.4, 0.5) is 45.2 Å². The van der Waals surface area contributed by atoms with Crippen molar-refractivity contribution in [1.29, 1.82) is 0 Å². The van der Waals surface area contributed by atoms with Crippen LogP contribution in [0.25, 0.3) is 22.4 Å². The largest absolute Gasteiger partial charge is 0.506 e. The molecule has 0 atom stereocenters. The Morgan fingerprint density at radius 3 is 1.90 bits per heavy atom. The first-order valence-electron chi connectivity index (χ1n) is 11.5. The number of rotatable bonds is 6. The highest BCUT2D eigenvalue weighted by molar-refractivity contribution is 5.85. The van der Waals surface area contributed by atoms with E-state index in [0.29, 0.717) is 28.4 Å². The fourth-order valence-corrected chi connectivity index (χ4v) is 4.02. The normalized spacial score (nSPS) is 12.4. The number of nitro benzene ring substituents is 1. The lowest BCUT2D eigenvalue weighted by molar-refractivity contribution is -0.384. The Balaban J connectivity index is 1.91. The lowest BCUT2D eigenvalue weighted by atomic mass is 9.95. The maximum atomic E-state index is 13.6. The highest BCUT2D eigenvalue weighted by Gasteiger charge is 2.38. The van der Waals surface area contributed by atoms with Gasteiger partial charge in [0.05, 0.1) is 27.3 Å². The number of hydrogen-bond acceptors (Lipinski definition) is 5. The Kier molecular flexibility index (Phi) is 7.60. The van der Waals surface area contributed by atoms with Gasteiger partial charge >= 0.3 is 18.5 Å². The van der Waals surface area contributed by atoms with Gasteiger partial charge in [0.15, 0.2) is 0 Å². The Morgan fingerprint density at radius 2 is 1.43 bits per heavy atom. The van der Waals surface area contributed by atoms with Crippen LogP contribution in [0.3, 0.4) is 0 Å². The molecule has 0 saturated carbocycles. The summed E-state index contributed by atoms with van der Waals surface area (Å²) in [5.41, 5.74) is -7.04. The van der Waals surface area contributed by atoms with Crippen LogP contribution in [0.15, 0.2) is 60.7 Å². The molecule has 0 saturated heterocycles. The fraction of sp³-hybridized carbons (Fsp3) is 0.192. The number of nitrogens with zero attached hydrogens (tertiary/aromatic N) is 3. The number of aryl methyl sites for hydroxylation is 1. The van der Waals surface area contributed by atoms with E-state index < -0.39 is 80.8 Å². The van der Waals surface area contributed by atoms with E-state index in [2.05, 4.69) is 5.10 Å². The van der Waals surface area contributed by atoms with Crippen LogP contribution in [-0.4, -0.2) is 19.8 Å². The molecule has 0 spiro atoms. The van der Waals surface area contributed by atoms with E-state index in [1.54, 1.807) is 0 Å². The SMILES string of the molecule is Cn1nc(-c2ccc(OCc3ccc([N+](=O)[O-])cc3)c(-c3cc(C(F)(F)F)cc(C(F)(F)F)c3)c2O)cc1C(F)(F)F. The van der Waals surface area contributed by atoms with Gasteiger partial charge in [-0.05, 0) is 59.7 Å². The van der Waals surface area contributed by atoms with Gasteiger partial charge in [-0.1, -0.05) is 0 Å². The third-order valence-corrected chi connectivity index (χ3v) is 6.00. The molecule has 1 heterocycles. The zero-order chi connectivity index (χ0) is 31.2. The van der Waals surface area contributed by atoms with E-state index in [9.17, 15) is 54.7 Å². The molecule has 0 amide bonds. The van der Waals surface area contributed by atoms with Gasteiger partial charge in [-0.2, -0.15) is 44.6 Å². The number of benzene rings is 3. The van der Waals surface area contributed by atoms with Gasteiger partial charge in [0.1, 0.15) is 23.8 Å². The zero-order valence-electron chi connectivity index (χ0n) is 20.9. The molecule has 0 aliphatic carbocycles. The molecule has 0 fully saturated rings. The number of alkyl halides is 9. The van der Waals surface area contributed by atoms with Crippen molar-refractivity contribution in [1.82, 2.24) is 9.78 Å². The first-order chi connectivity index (χ1) is 19.4. The van der Waals surface area contributed by atoms with Gasteiger partial charge in [-0.25, -0.2) is 0 Å². The summed E-state index contributed by atoms with van der Waals surface area (Å²) in [4.78, 5) is 10.2. The molecule has 1 aromatic heterocycles. The number of hydrogen-bond donors (Lipinski definition) is 1. The van der Waals surface area contributed by atoms with Crippen molar-refractivity contribution in [2.24, 2.45) is 7.05 Å². The molecular weight excluding hydrogens is 589 g/mol. The summed E-state index contributed by atoms with van der Waals surface area (Å²) in [5, 5.41) is 25.7. The summed E-state index contributed by atoms with van der Waals surface area (Å²) < 4.78 is 128. The van der Waals surface area contributed by atoms with E-state index in [0.717, 1.165) is 31.3 Å². The second kappa shape index (κ2) is 10.6. The van der Waals surface area contributed by atoms with E-state index in [4.69, 9.17) is 4.74 Å². The minimum atomic E-state index is -5.24. The predicted molar refractivity (Wildman–Crippen MR) is 128 cm³/mol. The standard InChI is InChI=1S/C26H16F9N3O4/c1-37-21(26(33,34)35)11-19(36-37)18-6-7-20(42-12-13-2-4-17(5-3-13)38(40)41)22(23(18)39)14-8-15(24(27,28)29)10-16(9-14)25(30,31)32/h2-11,39H,12H2,1H3. The number of halogens is 9. The Labute approximate surface area is 229 Å². The van der Waals surface area contributed by atoms with Gasteiger partial charge in [0.2, 0.25) is 0 Å². The number of ether oxygens (including phenoxy) is 1. The van der Waals surface area contributed by atoms with Crippen LogP contribution in [0.2, 0.25) is 0 Å². The maximum absolute atomic E-state index is 13.6. The Bertz CT molecular complexity index is 1610. The number of phenols is 1. The quantitative estimate of drug-likeness (QED) is 0.137. The van der Waals surface area contributed by atoms with Gasteiger partial charge in [0.25, 0.3) is 5.69 Å². The molecular formula is C26H16F9N3O4. The van der Waals surface area contributed by atoms with E-state index in [1.807, 2.05) is 0 Å². The van der Waals surface area contributed by atoms with Crippen molar-refractivity contribution in [2.75, 3.05) is 0 Å². The number of nitro groups is 1. The first-order valence-corrected chi connectivity index (χ1v) is 11.5. The molecule has 4 rings (SSSR count). The summed E-state index contributed by atoms with van der Waals surface area (Å²) in [6, 6.07) is 7.95. The van der Waals surface area contributed by atoms with E-state index in [-0.39, 0.29) is 11.8 Å². The molecule has 1 N–H and O–H groups in total. The van der Waals surface area contributed by atoms with Crippen LogP contribution in [0.5, 0.6) is 11.5 Å². The average molecular weight is 605 g/mol. The van der Waals surface area contributed by atoms with Crippen LogP contribution >= 0.6 is 0 Å². The molecule has 3 aromatic carbocycles. The van der Waals surface area contributed by atoms with Crippen molar-refractivity contribution in [3.05, 3.63) is 93.2 Å². The predicted octanol–water partition coefficient (Wildman–Crippen LogP) is 8.00. The van der Waals surface area contributed by atoms with Crippen LogP contribution in [0, 0.1) is 10.1 Å². The molecule has 7 nitrogen and oxygen atoms in total. The topological polar surface area (TPSA) is 90.4 Å². The molecule has 4 aromatic rings.